The highest BCUT2D eigenvalue weighted by atomic mass is 32.2. The van der Waals surface area contributed by atoms with Gasteiger partial charge in [0.05, 0.1) is 4.90 Å². The summed E-state index contributed by atoms with van der Waals surface area (Å²) >= 11 is 0. The van der Waals surface area contributed by atoms with Crippen molar-refractivity contribution in [1.29, 1.82) is 0 Å². The molecule has 2 aromatic carbocycles. The Kier molecular flexibility index (Phi) is 6.11. The summed E-state index contributed by atoms with van der Waals surface area (Å²) in [7, 11) is -3.35. The van der Waals surface area contributed by atoms with E-state index in [4.69, 9.17) is 9.26 Å². The molecule has 1 heterocycles. The smallest absolute Gasteiger partial charge is 0.269 e. The van der Waals surface area contributed by atoms with Gasteiger partial charge in [0, 0.05) is 24.3 Å². The highest BCUT2D eigenvalue weighted by Gasteiger charge is 2.12. The third-order valence-corrected chi connectivity index (χ3v) is 5.02. The molecule has 2 N–H and O–H groups in total. The summed E-state index contributed by atoms with van der Waals surface area (Å²) in [5.74, 6) is 0.231. The molecule has 0 aliphatic rings. The van der Waals surface area contributed by atoms with Crippen LogP contribution >= 0.6 is 0 Å². The lowest BCUT2D eigenvalue weighted by Gasteiger charge is -2.09. The van der Waals surface area contributed by atoms with Crippen molar-refractivity contribution in [2.24, 2.45) is 0 Å². The molecule has 0 unspecified atom stereocenters. The number of ether oxygens (including phenoxy) is 1. The molecule has 10 nitrogen and oxygen atoms in total. The summed E-state index contributed by atoms with van der Waals surface area (Å²) in [6.07, 6.45) is 1.07. The fourth-order valence-electron chi connectivity index (χ4n) is 2.36. The number of hydrogen-bond acceptors (Lipinski definition) is 8. The summed E-state index contributed by atoms with van der Waals surface area (Å²) in [6, 6.07) is 11.6. The quantitative estimate of drug-likeness (QED) is 0.560. The molecular weight excluding hydrogens is 412 g/mol. The van der Waals surface area contributed by atoms with E-state index in [2.05, 4.69) is 21.0 Å². The van der Waals surface area contributed by atoms with Gasteiger partial charge in [-0.1, -0.05) is 5.16 Å². The number of aromatic nitrogens is 2. The van der Waals surface area contributed by atoms with Crippen molar-refractivity contribution in [2.45, 2.75) is 18.4 Å². The Bertz CT molecular complexity index is 1150. The van der Waals surface area contributed by atoms with Crippen molar-refractivity contribution in [3.8, 4) is 5.75 Å². The monoisotopic (exact) mass is 430 g/mol. The maximum Gasteiger partial charge on any atom is 0.269 e. The molecule has 0 saturated carbocycles. The van der Waals surface area contributed by atoms with Gasteiger partial charge in [0.15, 0.2) is 16.4 Å². The Morgan fingerprint density at radius 1 is 0.967 bits per heavy atom. The van der Waals surface area contributed by atoms with Gasteiger partial charge in [-0.3, -0.25) is 20.4 Å². The Morgan fingerprint density at radius 3 is 1.97 bits per heavy atom. The second-order valence-electron chi connectivity index (χ2n) is 6.25. The van der Waals surface area contributed by atoms with E-state index in [0.29, 0.717) is 23.0 Å². The second-order valence-corrected chi connectivity index (χ2v) is 8.26. The van der Waals surface area contributed by atoms with Crippen LogP contribution in [0.15, 0.2) is 57.9 Å². The second kappa shape index (κ2) is 8.74. The zero-order chi connectivity index (χ0) is 21.7. The molecule has 3 rings (SSSR count). The first kappa shape index (κ1) is 21.0. The molecule has 0 fully saturated rings. The molecular formula is C19H18N4O6S. The van der Waals surface area contributed by atoms with E-state index in [1.807, 2.05) is 0 Å². The fraction of sp³-hybridized carbons (Fsp3) is 0.158. The van der Waals surface area contributed by atoms with Crippen LogP contribution in [-0.4, -0.2) is 36.6 Å². The number of rotatable bonds is 6. The maximum absolute atomic E-state index is 12.2. The lowest BCUT2D eigenvalue weighted by molar-refractivity contribution is 0.0846. The molecule has 0 radical (unpaired) electrons. The van der Waals surface area contributed by atoms with Gasteiger partial charge in [-0.25, -0.2) is 8.42 Å². The minimum Gasteiger partial charge on any atom is -0.485 e. The molecule has 30 heavy (non-hydrogen) atoms. The number of carbonyl (C=O) groups is 2. The van der Waals surface area contributed by atoms with Crippen LogP contribution in [0.25, 0.3) is 0 Å². The maximum atomic E-state index is 12.2. The number of hydrogen-bond donors (Lipinski definition) is 2. The molecule has 3 aromatic rings. The van der Waals surface area contributed by atoms with Gasteiger partial charge < -0.3 is 9.26 Å². The summed E-state index contributed by atoms with van der Waals surface area (Å²) in [5, 5.41) is 3.71. The zero-order valence-electron chi connectivity index (χ0n) is 16.1. The van der Waals surface area contributed by atoms with E-state index in [0.717, 1.165) is 6.26 Å². The van der Waals surface area contributed by atoms with Gasteiger partial charge in [0.25, 0.3) is 11.8 Å². The van der Waals surface area contributed by atoms with Crippen LogP contribution in [-0.2, 0) is 16.4 Å². The Morgan fingerprint density at radius 2 is 1.50 bits per heavy atom. The number of aryl methyl sites for hydroxylation is 1. The van der Waals surface area contributed by atoms with Gasteiger partial charge in [-0.05, 0) is 48.5 Å². The van der Waals surface area contributed by atoms with Crippen LogP contribution in [0.5, 0.6) is 5.75 Å². The van der Waals surface area contributed by atoms with Crippen LogP contribution in [0.2, 0.25) is 0 Å². The van der Waals surface area contributed by atoms with E-state index in [9.17, 15) is 18.0 Å². The predicted molar refractivity (Wildman–Crippen MR) is 104 cm³/mol. The summed E-state index contributed by atoms with van der Waals surface area (Å²) in [5.41, 5.74) is 5.06. The van der Waals surface area contributed by atoms with E-state index in [1.54, 1.807) is 19.1 Å². The molecule has 0 saturated heterocycles. The summed E-state index contributed by atoms with van der Waals surface area (Å²) < 4.78 is 33.2. The van der Waals surface area contributed by atoms with E-state index in [-0.39, 0.29) is 17.1 Å². The number of sulfone groups is 1. The summed E-state index contributed by atoms with van der Waals surface area (Å²) in [6.45, 7) is 1.80. The normalized spacial score (nSPS) is 11.0. The average molecular weight is 430 g/mol. The standard InChI is InChI=1S/C19H18N4O6S/c1-12-20-17(23-29-12)11-28-15-7-3-13(4-8-15)18(24)21-22-19(25)14-5-9-16(10-6-14)30(2,26)27/h3-10H,11H2,1-2H3,(H,21,24)(H,22,25). The SMILES string of the molecule is Cc1nc(COc2ccc(C(=O)NNC(=O)c3ccc(S(C)(=O)=O)cc3)cc2)no1. The lowest BCUT2D eigenvalue weighted by Crippen LogP contribution is -2.41. The van der Waals surface area contributed by atoms with E-state index < -0.39 is 21.7 Å². The highest BCUT2D eigenvalue weighted by Crippen LogP contribution is 2.14. The predicted octanol–water partition coefficient (Wildman–Crippen LogP) is 1.44. The zero-order valence-corrected chi connectivity index (χ0v) is 16.9. The van der Waals surface area contributed by atoms with Gasteiger partial charge in [0.1, 0.15) is 5.75 Å². The van der Waals surface area contributed by atoms with Gasteiger partial charge in [0.2, 0.25) is 11.7 Å². The van der Waals surface area contributed by atoms with Crippen LogP contribution in [0, 0.1) is 6.92 Å². The molecule has 11 heteroatoms. The minimum atomic E-state index is -3.35. The molecule has 2 amide bonds. The number of amides is 2. The molecule has 0 aliphatic heterocycles. The first-order valence-corrected chi connectivity index (χ1v) is 10.5. The van der Waals surface area contributed by atoms with Gasteiger partial charge in [-0.2, -0.15) is 4.98 Å². The van der Waals surface area contributed by atoms with E-state index in [1.165, 1.54) is 36.4 Å². The van der Waals surface area contributed by atoms with Crippen LogP contribution < -0.4 is 15.6 Å². The number of nitrogens with one attached hydrogen (secondary N) is 2. The first-order valence-electron chi connectivity index (χ1n) is 8.65. The molecule has 0 bridgehead atoms. The van der Waals surface area contributed by atoms with Crippen LogP contribution in [0.3, 0.4) is 0 Å². The third-order valence-electron chi connectivity index (χ3n) is 3.89. The van der Waals surface area contributed by atoms with E-state index >= 15 is 0 Å². The fourth-order valence-corrected chi connectivity index (χ4v) is 2.99. The molecule has 0 atom stereocenters. The Hall–Kier alpha value is -3.73. The van der Waals surface area contributed by atoms with Crippen LogP contribution in [0.4, 0.5) is 0 Å². The number of hydrazine groups is 1. The van der Waals surface area contributed by atoms with Crippen molar-refractivity contribution >= 4 is 21.7 Å². The van der Waals surface area contributed by atoms with Crippen molar-refractivity contribution in [1.82, 2.24) is 21.0 Å². The van der Waals surface area contributed by atoms with Crippen molar-refractivity contribution in [2.75, 3.05) is 6.26 Å². The molecule has 0 spiro atoms. The molecule has 1 aromatic heterocycles. The van der Waals surface area contributed by atoms with Crippen molar-refractivity contribution in [3.05, 3.63) is 71.4 Å². The third kappa shape index (κ3) is 5.41. The van der Waals surface area contributed by atoms with Crippen molar-refractivity contribution < 1.29 is 27.3 Å². The number of carbonyl (C=O) groups excluding carboxylic acids is 2. The minimum absolute atomic E-state index is 0.0971. The largest absolute Gasteiger partial charge is 0.485 e. The lowest BCUT2D eigenvalue weighted by atomic mass is 10.2. The van der Waals surface area contributed by atoms with Crippen LogP contribution in [0.1, 0.15) is 32.4 Å². The average Bonchev–Trinajstić information content (AvgIpc) is 3.15. The number of nitrogens with zero attached hydrogens (tertiary/aromatic N) is 2. The highest BCUT2D eigenvalue weighted by molar-refractivity contribution is 7.90. The Balaban J connectivity index is 1.52. The molecule has 156 valence electrons. The summed E-state index contributed by atoms with van der Waals surface area (Å²) in [4.78, 5) is 28.4. The van der Waals surface area contributed by atoms with Gasteiger partial charge >= 0.3 is 0 Å². The molecule has 0 aliphatic carbocycles. The number of benzene rings is 2. The van der Waals surface area contributed by atoms with Crippen molar-refractivity contribution in [3.63, 3.8) is 0 Å². The van der Waals surface area contributed by atoms with Gasteiger partial charge in [-0.15, -0.1) is 0 Å². The topological polar surface area (TPSA) is 140 Å². The first-order chi connectivity index (χ1) is 14.2. The Labute approximate surface area is 172 Å².